The Hall–Kier alpha value is -3.30. The van der Waals surface area contributed by atoms with E-state index in [0.29, 0.717) is 51.0 Å². The minimum atomic E-state index is -0.653. The number of aromatic nitrogens is 4. The van der Waals surface area contributed by atoms with Crippen molar-refractivity contribution in [3.8, 4) is 0 Å². The highest BCUT2D eigenvalue weighted by atomic mass is 35.5. The van der Waals surface area contributed by atoms with Gasteiger partial charge < -0.3 is 10.2 Å². The predicted octanol–water partition coefficient (Wildman–Crippen LogP) is 5.37. The zero-order valence-electron chi connectivity index (χ0n) is 22.1. The number of H-pyrrole nitrogens is 1. The Morgan fingerprint density at radius 1 is 1.13 bits per heavy atom. The predicted molar refractivity (Wildman–Crippen MR) is 150 cm³/mol. The van der Waals surface area contributed by atoms with Crippen molar-refractivity contribution < 1.29 is 9.59 Å². The third-order valence-corrected chi connectivity index (χ3v) is 7.97. The number of nitrogens with one attached hydrogen (secondary N) is 2. The van der Waals surface area contributed by atoms with Crippen molar-refractivity contribution in [1.82, 2.24) is 30.8 Å². The maximum atomic E-state index is 14.2. The van der Waals surface area contributed by atoms with Crippen LogP contribution in [-0.2, 0) is 11.3 Å². The van der Waals surface area contributed by atoms with Gasteiger partial charge in [-0.1, -0.05) is 61.3 Å². The molecule has 5 rings (SSSR count). The maximum absolute atomic E-state index is 14.2. The van der Waals surface area contributed by atoms with Gasteiger partial charge in [0.25, 0.3) is 11.8 Å². The van der Waals surface area contributed by atoms with E-state index < -0.39 is 5.66 Å². The Morgan fingerprint density at radius 2 is 1.79 bits per heavy atom. The summed E-state index contributed by atoms with van der Waals surface area (Å²) < 4.78 is 0. The molecule has 2 N–H and O–H groups in total. The molecule has 1 aliphatic carbocycles. The molecule has 2 aromatic carbocycles. The first-order valence-electron chi connectivity index (χ1n) is 13.2. The monoisotopic (exact) mass is 567 g/mol. The van der Waals surface area contributed by atoms with Gasteiger partial charge in [-0.2, -0.15) is 5.21 Å². The first kappa shape index (κ1) is 27.3. The van der Waals surface area contributed by atoms with Gasteiger partial charge >= 0.3 is 0 Å². The van der Waals surface area contributed by atoms with Crippen LogP contribution < -0.4 is 5.32 Å². The van der Waals surface area contributed by atoms with E-state index in [1.54, 1.807) is 30.3 Å². The molecule has 2 unspecified atom stereocenters. The molecule has 2 heterocycles. The number of halogens is 2. The van der Waals surface area contributed by atoms with Crippen LogP contribution in [0.4, 0.5) is 0 Å². The second kappa shape index (κ2) is 11.1. The summed E-state index contributed by atoms with van der Waals surface area (Å²) in [5.41, 5.74) is 1.83. The summed E-state index contributed by atoms with van der Waals surface area (Å²) in [5.74, 6) is 0.863. The molecule has 1 fully saturated rings. The summed E-state index contributed by atoms with van der Waals surface area (Å²) in [6, 6.07) is 12.3. The van der Waals surface area contributed by atoms with Gasteiger partial charge in [0.15, 0.2) is 5.82 Å². The molecule has 1 aliphatic heterocycles. The van der Waals surface area contributed by atoms with E-state index in [-0.39, 0.29) is 24.4 Å². The van der Waals surface area contributed by atoms with Crippen LogP contribution in [0.2, 0.25) is 10.0 Å². The highest BCUT2D eigenvalue weighted by Crippen LogP contribution is 2.48. The van der Waals surface area contributed by atoms with E-state index in [0.717, 1.165) is 24.8 Å². The molecule has 1 saturated carbocycles. The molecule has 1 spiro atoms. The first-order valence-corrected chi connectivity index (χ1v) is 13.9. The van der Waals surface area contributed by atoms with Crippen LogP contribution in [0.1, 0.15) is 79.8 Å². The fraction of sp³-hybridized carbons (Fsp3) is 0.429. The summed E-state index contributed by atoms with van der Waals surface area (Å²) in [5, 5.41) is 17.3. The van der Waals surface area contributed by atoms with Crippen LogP contribution in [-0.4, -0.2) is 48.7 Å². The minimum absolute atomic E-state index is 0.122. The quantitative estimate of drug-likeness (QED) is 0.398. The Bertz CT molecular complexity index is 1360. The zero-order chi connectivity index (χ0) is 27.7. The molecule has 39 heavy (non-hydrogen) atoms. The molecule has 1 aromatic heterocycles. The van der Waals surface area contributed by atoms with Crippen LogP contribution in [0.25, 0.3) is 0 Å². The van der Waals surface area contributed by atoms with Crippen molar-refractivity contribution in [1.29, 1.82) is 0 Å². The van der Waals surface area contributed by atoms with E-state index in [1.165, 1.54) is 0 Å². The fourth-order valence-electron chi connectivity index (χ4n) is 6.21. The molecule has 11 heteroatoms. The highest BCUT2D eigenvalue weighted by Gasteiger charge is 2.53. The number of rotatable bonds is 7. The van der Waals surface area contributed by atoms with Crippen LogP contribution in [0, 0.1) is 11.8 Å². The van der Waals surface area contributed by atoms with Gasteiger partial charge in [0.05, 0.1) is 12.6 Å². The minimum Gasteiger partial charge on any atom is -0.345 e. The van der Waals surface area contributed by atoms with Crippen LogP contribution in [0.15, 0.2) is 47.5 Å². The number of hydrogen-bond acceptors (Lipinski definition) is 6. The zero-order valence-corrected chi connectivity index (χ0v) is 23.6. The third-order valence-electron chi connectivity index (χ3n) is 7.53. The van der Waals surface area contributed by atoms with E-state index in [2.05, 4.69) is 46.7 Å². The summed E-state index contributed by atoms with van der Waals surface area (Å²) in [4.78, 5) is 34.0. The molecule has 2 amide bonds. The standard InChI is InChI=1S/C28H31Cl2N7O2/c1-4-23(18-5-7-19(8-6-18)26(38)31-15-24-33-35-36-34-24)37-27(39)25(20-10-21(29)12-22(30)11-20)32-28(37)13-16(2)9-17(3)14-28/h5-8,10-12,16-17,23H,4,9,13-15H2,1-3H3,(H,31,38)(H,33,34,35,36)/t16?,17?,23-,28?/m1/s1. The Morgan fingerprint density at radius 3 is 2.38 bits per heavy atom. The van der Waals surface area contributed by atoms with Crippen molar-refractivity contribution in [2.24, 2.45) is 16.8 Å². The molecule has 3 aromatic rings. The molecule has 0 bridgehead atoms. The van der Waals surface area contributed by atoms with Gasteiger partial charge in [-0.05, 0) is 73.4 Å². The smallest absolute Gasteiger partial charge is 0.275 e. The van der Waals surface area contributed by atoms with Gasteiger partial charge in [-0.15, -0.1) is 10.2 Å². The molecule has 0 saturated heterocycles. The molecule has 204 valence electrons. The Balaban J connectivity index is 1.46. The number of amides is 2. The topological polar surface area (TPSA) is 116 Å². The van der Waals surface area contributed by atoms with Crippen molar-refractivity contribution in [2.75, 3.05) is 0 Å². The lowest BCUT2D eigenvalue weighted by Gasteiger charge is -2.47. The largest absolute Gasteiger partial charge is 0.345 e. The van der Waals surface area contributed by atoms with Gasteiger partial charge in [-0.25, -0.2) is 0 Å². The van der Waals surface area contributed by atoms with Crippen LogP contribution >= 0.6 is 23.2 Å². The second-order valence-electron chi connectivity index (χ2n) is 10.7. The molecule has 3 atom stereocenters. The van der Waals surface area contributed by atoms with E-state index in [9.17, 15) is 9.59 Å². The third kappa shape index (κ3) is 5.56. The normalized spacial score (nSPS) is 23.7. The summed E-state index contributed by atoms with van der Waals surface area (Å²) >= 11 is 12.6. The molecule has 9 nitrogen and oxygen atoms in total. The highest BCUT2D eigenvalue weighted by molar-refractivity contribution is 6.47. The number of carbonyl (C=O) groups is 2. The lowest BCUT2D eigenvalue weighted by Crippen LogP contribution is -2.52. The Labute approximate surface area is 237 Å². The maximum Gasteiger partial charge on any atom is 0.275 e. The van der Waals surface area contributed by atoms with Gasteiger partial charge in [0.2, 0.25) is 0 Å². The van der Waals surface area contributed by atoms with E-state index in [1.807, 2.05) is 17.0 Å². The Kier molecular flexibility index (Phi) is 7.73. The number of aromatic amines is 1. The summed E-state index contributed by atoms with van der Waals surface area (Å²) in [6.45, 7) is 6.70. The average Bonchev–Trinajstić information content (AvgIpc) is 3.49. The molecular weight excluding hydrogens is 537 g/mol. The lowest BCUT2D eigenvalue weighted by molar-refractivity contribution is -0.134. The summed E-state index contributed by atoms with van der Waals surface area (Å²) in [6.07, 6.45) is 3.36. The SMILES string of the molecule is CC[C@H](c1ccc(C(=O)NCc2nn[nH]n2)cc1)N1C(=O)C(c2cc(Cl)cc(Cl)c2)=NC12CC(C)CC(C)C2. The fourth-order valence-corrected chi connectivity index (χ4v) is 6.73. The first-order chi connectivity index (χ1) is 18.7. The number of nitrogens with zero attached hydrogens (tertiary/aromatic N) is 5. The van der Waals surface area contributed by atoms with Crippen LogP contribution in [0.5, 0.6) is 0 Å². The van der Waals surface area contributed by atoms with Crippen LogP contribution in [0.3, 0.4) is 0 Å². The van der Waals surface area contributed by atoms with Crippen molar-refractivity contribution >= 4 is 40.7 Å². The van der Waals surface area contributed by atoms with Gasteiger partial charge in [0.1, 0.15) is 11.4 Å². The molecule has 0 radical (unpaired) electrons. The molecule has 2 aliphatic rings. The number of hydrogen-bond donors (Lipinski definition) is 2. The number of aliphatic imine (C=N–C) groups is 1. The van der Waals surface area contributed by atoms with Crippen molar-refractivity contribution in [2.45, 2.75) is 64.7 Å². The van der Waals surface area contributed by atoms with Gasteiger partial charge in [0, 0.05) is 21.2 Å². The van der Waals surface area contributed by atoms with Gasteiger partial charge in [-0.3, -0.25) is 14.6 Å². The second-order valence-corrected chi connectivity index (χ2v) is 11.6. The van der Waals surface area contributed by atoms with Crippen molar-refractivity contribution in [3.05, 3.63) is 75.0 Å². The van der Waals surface area contributed by atoms with E-state index in [4.69, 9.17) is 28.2 Å². The van der Waals surface area contributed by atoms with Crippen molar-refractivity contribution in [3.63, 3.8) is 0 Å². The average molecular weight is 569 g/mol. The summed E-state index contributed by atoms with van der Waals surface area (Å²) in [7, 11) is 0. The number of benzene rings is 2. The number of carbonyl (C=O) groups excluding carboxylic acids is 2. The lowest BCUT2D eigenvalue weighted by atomic mass is 9.75. The number of tetrazole rings is 1. The molecular formula is C28H31Cl2N7O2. The van der Waals surface area contributed by atoms with E-state index >= 15 is 0 Å².